The number of carboxylic acid groups (broad SMARTS) is 1. The second kappa shape index (κ2) is 6.67. The quantitative estimate of drug-likeness (QED) is 0.668. The van der Waals surface area contributed by atoms with Crippen LogP contribution in [0.2, 0.25) is 0 Å². The third-order valence-electron chi connectivity index (χ3n) is 2.73. The first-order valence-electron chi connectivity index (χ1n) is 5.94. The zero-order valence-corrected chi connectivity index (χ0v) is 10.8. The highest BCUT2D eigenvalue weighted by molar-refractivity contribution is 6.39. The van der Waals surface area contributed by atoms with E-state index in [4.69, 9.17) is 5.11 Å². The van der Waals surface area contributed by atoms with Crippen LogP contribution in [0.1, 0.15) is 25.7 Å². The minimum absolute atomic E-state index is 0.169. The van der Waals surface area contributed by atoms with Crippen LogP contribution in [0.4, 0.5) is 0 Å². The molecule has 19 heavy (non-hydrogen) atoms. The molecule has 0 radical (unpaired) electrons. The van der Waals surface area contributed by atoms with Crippen molar-refractivity contribution in [1.29, 1.82) is 0 Å². The fourth-order valence-electron chi connectivity index (χ4n) is 1.62. The van der Waals surface area contributed by atoms with Crippen molar-refractivity contribution in [2.75, 3.05) is 7.05 Å². The second-order valence-electron chi connectivity index (χ2n) is 4.19. The first-order valence-corrected chi connectivity index (χ1v) is 5.94. The smallest absolute Gasteiger partial charge is 0.326 e. The van der Waals surface area contributed by atoms with Crippen molar-refractivity contribution in [3.63, 3.8) is 0 Å². The first-order chi connectivity index (χ1) is 8.95. The maximum atomic E-state index is 11.9. The molecule has 0 aromatic rings. The van der Waals surface area contributed by atoms with Crippen molar-refractivity contribution in [2.45, 2.75) is 31.7 Å². The molecular weight excluding hydrogens is 250 g/mol. The lowest BCUT2D eigenvalue weighted by atomic mass is 10.1. The largest absolute Gasteiger partial charge is 0.480 e. The molecule has 1 aliphatic heterocycles. The van der Waals surface area contributed by atoms with E-state index in [1.807, 2.05) is 0 Å². The molecule has 7 nitrogen and oxygen atoms in total. The zero-order chi connectivity index (χ0) is 14.4. The Balaban J connectivity index is 2.66. The molecule has 1 heterocycles. The number of aliphatic carboxylic acids is 1. The number of rotatable bonds is 6. The molecule has 104 valence electrons. The fourth-order valence-corrected chi connectivity index (χ4v) is 1.62. The van der Waals surface area contributed by atoms with E-state index in [1.54, 1.807) is 6.08 Å². The van der Waals surface area contributed by atoms with E-state index in [1.165, 1.54) is 7.05 Å². The van der Waals surface area contributed by atoms with Crippen LogP contribution in [0.5, 0.6) is 0 Å². The van der Waals surface area contributed by atoms with Crippen molar-refractivity contribution < 1.29 is 19.5 Å². The summed E-state index contributed by atoms with van der Waals surface area (Å²) >= 11 is 0. The van der Waals surface area contributed by atoms with Crippen LogP contribution in [0, 0.1) is 0 Å². The molecule has 0 bridgehead atoms. The summed E-state index contributed by atoms with van der Waals surface area (Å²) in [5.74, 6) is -1.81. The average Bonchev–Trinajstić information content (AvgIpc) is 2.37. The molecule has 1 aliphatic rings. The fraction of sp³-hybridized carbons (Fsp3) is 0.500. The van der Waals surface area contributed by atoms with Gasteiger partial charge in [0.2, 0.25) is 5.91 Å². The van der Waals surface area contributed by atoms with Gasteiger partial charge < -0.3 is 10.4 Å². The third kappa shape index (κ3) is 4.20. The number of nitrogens with one attached hydrogen (secondary N) is 1. The third-order valence-corrected chi connectivity index (χ3v) is 2.73. The highest BCUT2D eigenvalue weighted by Crippen LogP contribution is 2.08. The Kier molecular flexibility index (Phi) is 5.23. The number of carbonyl (C=O) groups is 3. The van der Waals surface area contributed by atoms with Crippen molar-refractivity contribution in [3.8, 4) is 0 Å². The van der Waals surface area contributed by atoms with Crippen LogP contribution in [0.15, 0.2) is 17.8 Å². The predicted octanol–water partition coefficient (Wildman–Crippen LogP) is 0.130. The van der Waals surface area contributed by atoms with Crippen LogP contribution in [0.3, 0.4) is 0 Å². The monoisotopic (exact) mass is 267 g/mol. The van der Waals surface area contributed by atoms with Gasteiger partial charge in [-0.25, -0.2) is 9.80 Å². The van der Waals surface area contributed by atoms with Gasteiger partial charge in [0.05, 0.1) is 0 Å². The SMILES string of the molecule is C=CCCC(NC(=O)C1=NN(C)C(=O)CC1)C(=O)O. The highest BCUT2D eigenvalue weighted by Gasteiger charge is 2.25. The molecule has 1 atom stereocenters. The summed E-state index contributed by atoms with van der Waals surface area (Å²) < 4.78 is 0. The minimum atomic E-state index is -1.10. The number of hydrogen-bond donors (Lipinski definition) is 2. The maximum absolute atomic E-state index is 11.9. The summed E-state index contributed by atoms with van der Waals surface area (Å²) in [6, 6.07) is -0.976. The van der Waals surface area contributed by atoms with E-state index in [9.17, 15) is 14.4 Å². The summed E-state index contributed by atoms with van der Waals surface area (Å²) in [6.45, 7) is 3.51. The molecule has 0 aromatic heterocycles. The summed E-state index contributed by atoms with van der Waals surface area (Å²) in [4.78, 5) is 34.1. The number of nitrogens with zero attached hydrogens (tertiary/aromatic N) is 2. The molecule has 2 N–H and O–H groups in total. The van der Waals surface area contributed by atoms with Gasteiger partial charge in [-0.05, 0) is 12.8 Å². The number of hydrazone groups is 1. The topological polar surface area (TPSA) is 99.1 Å². The van der Waals surface area contributed by atoms with E-state index < -0.39 is 17.9 Å². The van der Waals surface area contributed by atoms with Crippen LogP contribution in [0.25, 0.3) is 0 Å². The van der Waals surface area contributed by atoms with E-state index in [-0.39, 0.29) is 30.9 Å². The van der Waals surface area contributed by atoms with Gasteiger partial charge in [-0.1, -0.05) is 6.08 Å². The first kappa shape index (κ1) is 14.9. The van der Waals surface area contributed by atoms with Gasteiger partial charge >= 0.3 is 5.97 Å². The molecule has 7 heteroatoms. The zero-order valence-electron chi connectivity index (χ0n) is 10.8. The van der Waals surface area contributed by atoms with Crippen LogP contribution in [-0.2, 0) is 14.4 Å². The predicted molar refractivity (Wildman–Crippen MR) is 68.4 cm³/mol. The standard InChI is InChI=1S/C12H17N3O4/c1-3-4-5-9(12(18)19)13-11(17)8-6-7-10(16)15(2)14-8/h3,9H,1,4-7H2,2H3,(H,13,17)(H,18,19). The number of amides is 2. The lowest BCUT2D eigenvalue weighted by Crippen LogP contribution is -2.45. The van der Waals surface area contributed by atoms with Crippen molar-refractivity contribution in [3.05, 3.63) is 12.7 Å². The van der Waals surface area contributed by atoms with Crippen molar-refractivity contribution >= 4 is 23.5 Å². The molecule has 0 aliphatic carbocycles. The van der Waals surface area contributed by atoms with Crippen LogP contribution < -0.4 is 5.32 Å². The van der Waals surface area contributed by atoms with Gasteiger partial charge in [0.15, 0.2) is 0 Å². The lowest BCUT2D eigenvalue weighted by molar-refractivity contribution is -0.141. The van der Waals surface area contributed by atoms with E-state index in [0.717, 1.165) is 5.01 Å². The summed E-state index contributed by atoms with van der Waals surface area (Å²) in [6.07, 6.45) is 2.78. The second-order valence-corrected chi connectivity index (χ2v) is 4.19. The Bertz CT molecular complexity index is 431. The number of carboxylic acids is 1. The van der Waals surface area contributed by atoms with E-state index in [0.29, 0.717) is 6.42 Å². The van der Waals surface area contributed by atoms with Crippen LogP contribution >= 0.6 is 0 Å². The molecule has 0 spiro atoms. The van der Waals surface area contributed by atoms with Gasteiger partial charge in [-0.15, -0.1) is 6.58 Å². The van der Waals surface area contributed by atoms with Crippen molar-refractivity contribution in [2.24, 2.45) is 5.10 Å². The van der Waals surface area contributed by atoms with E-state index in [2.05, 4.69) is 17.0 Å². The number of hydrogen-bond acceptors (Lipinski definition) is 4. The Morgan fingerprint density at radius 2 is 2.26 bits per heavy atom. The number of carbonyl (C=O) groups excluding carboxylic acids is 2. The molecule has 0 saturated carbocycles. The Morgan fingerprint density at radius 3 is 2.79 bits per heavy atom. The summed E-state index contributed by atoms with van der Waals surface area (Å²) in [5.41, 5.74) is 0.173. The maximum Gasteiger partial charge on any atom is 0.326 e. The molecule has 0 saturated heterocycles. The van der Waals surface area contributed by atoms with E-state index >= 15 is 0 Å². The Labute approximate surface area is 111 Å². The molecular formula is C12H17N3O4. The van der Waals surface area contributed by atoms with Gasteiger partial charge in [0.1, 0.15) is 11.8 Å². The van der Waals surface area contributed by atoms with Gasteiger partial charge in [-0.3, -0.25) is 9.59 Å². The normalized spacial score (nSPS) is 16.6. The molecule has 0 fully saturated rings. The Hall–Kier alpha value is -2.18. The molecule has 1 rings (SSSR count). The lowest BCUT2D eigenvalue weighted by Gasteiger charge is -2.20. The average molecular weight is 267 g/mol. The molecule has 1 unspecified atom stereocenters. The number of allylic oxidation sites excluding steroid dienone is 1. The minimum Gasteiger partial charge on any atom is -0.480 e. The van der Waals surface area contributed by atoms with Gasteiger partial charge in [0, 0.05) is 19.9 Å². The molecule has 2 amide bonds. The summed E-state index contributed by atoms with van der Waals surface area (Å²) in [5, 5.41) is 16.3. The Morgan fingerprint density at radius 1 is 1.58 bits per heavy atom. The van der Waals surface area contributed by atoms with Crippen molar-refractivity contribution in [1.82, 2.24) is 10.3 Å². The van der Waals surface area contributed by atoms with Crippen LogP contribution in [-0.4, -0.2) is 46.7 Å². The highest BCUT2D eigenvalue weighted by atomic mass is 16.4. The summed E-state index contributed by atoms with van der Waals surface area (Å²) in [7, 11) is 1.46. The molecule has 0 aromatic carbocycles. The van der Waals surface area contributed by atoms with Gasteiger partial charge in [-0.2, -0.15) is 5.10 Å². The van der Waals surface area contributed by atoms with Gasteiger partial charge in [0.25, 0.3) is 5.91 Å².